The molecule has 0 spiro atoms. The summed E-state index contributed by atoms with van der Waals surface area (Å²) in [5.41, 5.74) is 3.18. The van der Waals surface area contributed by atoms with Crippen molar-refractivity contribution < 1.29 is 18.0 Å². The monoisotopic (exact) mass is 613 g/mol. The third-order valence-corrected chi connectivity index (χ3v) is 8.15. The van der Waals surface area contributed by atoms with E-state index in [9.17, 15) is 18.0 Å². The van der Waals surface area contributed by atoms with E-state index in [-0.39, 0.29) is 24.9 Å². The van der Waals surface area contributed by atoms with Crippen LogP contribution in [0.1, 0.15) is 37.0 Å². The second kappa shape index (κ2) is 13.8. The quantitative estimate of drug-likeness (QED) is 0.309. The largest absolute Gasteiger partial charge is 0.352 e. The van der Waals surface area contributed by atoms with Crippen LogP contribution in [0.4, 0.5) is 5.69 Å². The van der Waals surface area contributed by atoms with Gasteiger partial charge in [0.25, 0.3) is 0 Å². The van der Waals surface area contributed by atoms with Crippen molar-refractivity contribution >= 4 is 43.5 Å². The minimum atomic E-state index is -3.81. The Morgan fingerprint density at radius 1 is 0.949 bits per heavy atom. The van der Waals surface area contributed by atoms with Crippen LogP contribution in [-0.4, -0.2) is 50.0 Å². The number of halogens is 1. The molecule has 208 valence electrons. The minimum absolute atomic E-state index is 0.0821. The Labute approximate surface area is 240 Å². The highest BCUT2D eigenvalue weighted by atomic mass is 79.9. The molecule has 0 radical (unpaired) electrons. The van der Waals surface area contributed by atoms with Crippen LogP contribution in [0.15, 0.2) is 83.3 Å². The number of hydrogen-bond donors (Lipinski definition) is 1. The number of carbonyl (C=O) groups is 2. The van der Waals surface area contributed by atoms with Gasteiger partial charge < -0.3 is 10.2 Å². The van der Waals surface area contributed by atoms with E-state index in [0.717, 1.165) is 33.7 Å². The maximum Gasteiger partial charge on any atom is 0.244 e. The summed E-state index contributed by atoms with van der Waals surface area (Å²) in [5.74, 6) is -0.747. The molecule has 0 aliphatic carbocycles. The Balaban J connectivity index is 2.05. The van der Waals surface area contributed by atoms with E-state index in [4.69, 9.17) is 0 Å². The molecule has 0 aromatic heterocycles. The summed E-state index contributed by atoms with van der Waals surface area (Å²) in [7, 11) is -3.81. The molecule has 0 saturated heterocycles. The molecule has 0 aliphatic rings. The molecular weight excluding hydrogens is 578 g/mol. The van der Waals surface area contributed by atoms with Crippen LogP contribution in [0, 0.1) is 6.92 Å². The van der Waals surface area contributed by atoms with E-state index in [2.05, 4.69) is 21.2 Å². The van der Waals surface area contributed by atoms with Gasteiger partial charge in [0, 0.05) is 23.5 Å². The summed E-state index contributed by atoms with van der Waals surface area (Å²) in [6.07, 6.45) is 2.10. The van der Waals surface area contributed by atoms with Gasteiger partial charge in [-0.25, -0.2) is 8.42 Å². The predicted octanol–water partition coefficient (Wildman–Crippen LogP) is 5.08. The molecule has 0 fully saturated rings. The number of amides is 2. The zero-order chi connectivity index (χ0) is 28.6. The topological polar surface area (TPSA) is 86.8 Å². The molecule has 7 nitrogen and oxygen atoms in total. The molecule has 0 heterocycles. The number of benzene rings is 3. The summed E-state index contributed by atoms with van der Waals surface area (Å²) in [6.45, 7) is 5.59. The fourth-order valence-corrected chi connectivity index (χ4v) is 5.36. The van der Waals surface area contributed by atoms with Crippen molar-refractivity contribution in [2.75, 3.05) is 17.1 Å². The van der Waals surface area contributed by atoms with Gasteiger partial charge in [-0.2, -0.15) is 0 Å². The van der Waals surface area contributed by atoms with Crippen LogP contribution >= 0.6 is 15.9 Å². The third kappa shape index (κ3) is 8.93. The Morgan fingerprint density at radius 3 is 2.21 bits per heavy atom. The van der Waals surface area contributed by atoms with E-state index in [1.807, 2.05) is 75.4 Å². The van der Waals surface area contributed by atoms with Gasteiger partial charge in [0.15, 0.2) is 0 Å². The van der Waals surface area contributed by atoms with Gasteiger partial charge in [-0.05, 0) is 49.6 Å². The number of sulfonamides is 1. The van der Waals surface area contributed by atoms with Gasteiger partial charge in [0.1, 0.15) is 12.6 Å². The first-order valence-corrected chi connectivity index (χ1v) is 15.5. The number of nitrogens with one attached hydrogen (secondary N) is 1. The van der Waals surface area contributed by atoms with Crippen LogP contribution in [-0.2, 0) is 32.6 Å². The van der Waals surface area contributed by atoms with Gasteiger partial charge in [0.05, 0.1) is 11.9 Å². The standard InChI is InChI=1S/C30H36BrN3O4S/c1-5-23(3)32-30(36)28(18-24-10-7-6-8-11-24)33(20-25-16-14-22(2)15-17-25)29(35)21-34(39(4,37)38)27-13-9-12-26(31)19-27/h6-17,19,23,28H,5,18,20-21H2,1-4H3,(H,32,36)/t23-,28-/m1/s1. The van der Waals surface area contributed by atoms with Crippen molar-refractivity contribution in [1.82, 2.24) is 10.2 Å². The second-order valence-electron chi connectivity index (χ2n) is 9.78. The lowest BCUT2D eigenvalue weighted by molar-refractivity contribution is -0.140. The normalized spacial score (nSPS) is 12.8. The Morgan fingerprint density at radius 2 is 1.62 bits per heavy atom. The van der Waals surface area contributed by atoms with E-state index in [1.165, 1.54) is 4.90 Å². The lowest BCUT2D eigenvalue weighted by atomic mass is 10.0. The molecule has 0 bridgehead atoms. The number of rotatable bonds is 12. The highest BCUT2D eigenvalue weighted by Gasteiger charge is 2.33. The molecule has 39 heavy (non-hydrogen) atoms. The molecule has 0 saturated carbocycles. The van der Waals surface area contributed by atoms with E-state index in [0.29, 0.717) is 10.2 Å². The Bertz CT molecular complexity index is 1360. The zero-order valence-electron chi connectivity index (χ0n) is 22.8. The molecular formula is C30H36BrN3O4S. The molecule has 1 N–H and O–H groups in total. The molecule has 3 aromatic carbocycles. The Kier molecular flexibility index (Phi) is 10.7. The summed E-state index contributed by atoms with van der Waals surface area (Å²) >= 11 is 3.38. The van der Waals surface area contributed by atoms with Crippen molar-refractivity contribution in [2.24, 2.45) is 0 Å². The summed E-state index contributed by atoms with van der Waals surface area (Å²) < 4.78 is 27.4. The summed E-state index contributed by atoms with van der Waals surface area (Å²) in [5, 5.41) is 3.03. The fraction of sp³-hybridized carbons (Fsp3) is 0.333. The molecule has 3 rings (SSSR count). The van der Waals surface area contributed by atoms with Crippen molar-refractivity contribution in [2.45, 2.75) is 52.2 Å². The number of anilines is 1. The third-order valence-electron chi connectivity index (χ3n) is 6.52. The lowest BCUT2D eigenvalue weighted by Crippen LogP contribution is -2.54. The fourth-order valence-electron chi connectivity index (χ4n) is 4.13. The molecule has 2 atom stereocenters. The van der Waals surface area contributed by atoms with Crippen molar-refractivity contribution in [3.05, 3.63) is 100 Å². The predicted molar refractivity (Wildman–Crippen MR) is 160 cm³/mol. The molecule has 0 unspecified atom stereocenters. The molecule has 2 amide bonds. The van der Waals surface area contributed by atoms with E-state index in [1.54, 1.807) is 24.3 Å². The molecule has 9 heteroatoms. The van der Waals surface area contributed by atoms with Gasteiger partial charge in [0.2, 0.25) is 21.8 Å². The first-order chi connectivity index (χ1) is 18.5. The lowest BCUT2D eigenvalue weighted by Gasteiger charge is -2.34. The number of nitrogens with zero attached hydrogens (tertiary/aromatic N) is 2. The van der Waals surface area contributed by atoms with E-state index < -0.39 is 28.5 Å². The zero-order valence-corrected chi connectivity index (χ0v) is 25.2. The van der Waals surface area contributed by atoms with Crippen LogP contribution in [0.3, 0.4) is 0 Å². The maximum atomic E-state index is 14.0. The van der Waals surface area contributed by atoms with Crippen molar-refractivity contribution in [1.29, 1.82) is 0 Å². The van der Waals surface area contributed by atoms with Gasteiger partial charge in [-0.15, -0.1) is 0 Å². The SMILES string of the molecule is CC[C@@H](C)NC(=O)[C@@H](Cc1ccccc1)N(Cc1ccc(C)cc1)C(=O)CN(c1cccc(Br)c1)S(C)(=O)=O. The molecule has 3 aromatic rings. The van der Waals surface area contributed by atoms with Crippen LogP contribution in [0.2, 0.25) is 0 Å². The summed E-state index contributed by atoms with van der Waals surface area (Å²) in [6, 6.07) is 23.1. The number of hydrogen-bond acceptors (Lipinski definition) is 4. The van der Waals surface area contributed by atoms with Gasteiger partial charge in [-0.1, -0.05) is 89.1 Å². The highest BCUT2D eigenvalue weighted by molar-refractivity contribution is 9.10. The van der Waals surface area contributed by atoms with Crippen molar-refractivity contribution in [3.8, 4) is 0 Å². The second-order valence-corrected chi connectivity index (χ2v) is 12.6. The average Bonchev–Trinajstić information content (AvgIpc) is 2.90. The first kappa shape index (κ1) is 30.4. The van der Waals surface area contributed by atoms with Gasteiger partial charge in [-0.3, -0.25) is 13.9 Å². The van der Waals surface area contributed by atoms with Gasteiger partial charge >= 0.3 is 0 Å². The van der Waals surface area contributed by atoms with E-state index >= 15 is 0 Å². The minimum Gasteiger partial charge on any atom is -0.352 e. The highest BCUT2D eigenvalue weighted by Crippen LogP contribution is 2.23. The smallest absolute Gasteiger partial charge is 0.244 e. The molecule has 0 aliphatic heterocycles. The van der Waals surface area contributed by atoms with Crippen LogP contribution in [0.25, 0.3) is 0 Å². The van der Waals surface area contributed by atoms with Crippen LogP contribution < -0.4 is 9.62 Å². The first-order valence-electron chi connectivity index (χ1n) is 12.9. The average molecular weight is 615 g/mol. The Hall–Kier alpha value is -3.17. The van der Waals surface area contributed by atoms with Crippen molar-refractivity contribution in [3.63, 3.8) is 0 Å². The number of carbonyl (C=O) groups excluding carboxylic acids is 2. The number of aryl methyl sites for hydroxylation is 1. The maximum absolute atomic E-state index is 14.0. The van der Waals surface area contributed by atoms with Crippen LogP contribution in [0.5, 0.6) is 0 Å². The summed E-state index contributed by atoms with van der Waals surface area (Å²) in [4.78, 5) is 29.2.